The Morgan fingerprint density at radius 2 is 1.89 bits per heavy atom. The zero-order valence-electron chi connectivity index (χ0n) is 10.8. The summed E-state index contributed by atoms with van der Waals surface area (Å²) in [5, 5.41) is 1.22. The summed E-state index contributed by atoms with van der Waals surface area (Å²) in [7, 11) is 2.05. The standard InChI is InChI=1S/C15H16N4/c1-19-10-13(11-5-2-3-6-14(11)19)12(9-16)15-17-7-4-8-18-15/h2-8,10,12H,9,16H2,1H3. The van der Waals surface area contributed by atoms with Gasteiger partial charge in [-0.15, -0.1) is 0 Å². The Bertz CT molecular complexity index is 688. The van der Waals surface area contributed by atoms with E-state index < -0.39 is 0 Å². The number of benzene rings is 1. The second-order valence-electron chi connectivity index (χ2n) is 4.61. The lowest BCUT2D eigenvalue weighted by Gasteiger charge is -2.12. The van der Waals surface area contributed by atoms with Crippen LogP contribution in [0.2, 0.25) is 0 Å². The normalized spacial score (nSPS) is 12.7. The van der Waals surface area contributed by atoms with Crippen LogP contribution in [0.4, 0.5) is 0 Å². The summed E-state index contributed by atoms with van der Waals surface area (Å²) in [6.45, 7) is 0.498. The fourth-order valence-electron chi connectivity index (χ4n) is 2.51. The molecule has 0 saturated heterocycles. The maximum atomic E-state index is 5.95. The summed E-state index contributed by atoms with van der Waals surface area (Å²) in [6, 6.07) is 10.1. The number of hydrogen-bond donors (Lipinski definition) is 1. The number of para-hydroxylation sites is 1. The molecule has 1 aromatic carbocycles. The van der Waals surface area contributed by atoms with Gasteiger partial charge >= 0.3 is 0 Å². The molecule has 4 nitrogen and oxygen atoms in total. The van der Waals surface area contributed by atoms with Crippen LogP contribution in [0.1, 0.15) is 17.3 Å². The van der Waals surface area contributed by atoms with Crippen molar-refractivity contribution in [1.29, 1.82) is 0 Å². The van der Waals surface area contributed by atoms with Crippen molar-refractivity contribution in [1.82, 2.24) is 14.5 Å². The van der Waals surface area contributed by atoms with Crippen molar-refractivity contribution >= 4 is 10.9 Å². The molecule has 19 heavy (non-hydrogen) atoms. The van der Waals surface area contributed by atoms with Crippen molar-refractivity contribution in [3.05, 3.63) is 60.3 Å². The number of aryl methyl sites for hydroxylation is 1. The first-order chi connectivity index (χ1) is 9.31. The van der Waals surface area contributed by atoms with Crippen molar-refractivity contribution in [3.63, 3.8) is 0 Å². The molecule has 0 saturated carbocycles. The van der Waals surface area contributed by atoms with E-state index in [0.29, 0.717) is 6.54 Å². The number of hydrogen-bond acceptors (Lipinski definition) is 3. The molecule has 0 aliphatic carbocycles. The van der Waals surface area contributed by atoms with Crippen LogP contribution in [-0.2, 0) is 7.05 Å². The molecule has 0 bridgehead atoms. The molecule has 96 valence electrons. The van der Waals surface area contributed by atoms with Gasteiger partial charge in [-0.1, -0.05) is 18.2 Å². The van der Waals surface area contributed by atoms with Crippen molar-refractivity contribution < 1.29 is 0 Å². The zero-order chi connectivity index (χ0) is 13.2. The minimum absolute atomic E-state index is 0.0345. The molecular weight excluding hydrogens is 236 g/mol. The third-order valence-corrected chi connectivity index (χ3v) is 3.44. The Morgan fingerprint density at radius 1 is 1.16 bits per heavy atom. The van der Waals surface area contributed by atoms with E-state index in [1.165, 1.54) is 16.5 Å². The third kappa shape index (κ3) is 2.00. The molecule has 1 atom stereocenters. The molecule has 0 aliphatic rings. The Labute approximate surface area is 111 Å². The van der Waals surface area contributed by atoms with Gasteiger partial charge in [0.1, 0.15) is 5.82 Å². The molecule has 3 aromatic rings. The predicted octanol–water partition coefficient (Wildman–Crippen LogP) is 2.06. The molecule has 4 heteroatoms. The van der Waals surface area contributed by atoms with Gasteiger partial charge in [0, 0.05) is 43.1 Å². The highest BCUT2D eigenvalue weighted by atomic mass is 14.9. The molecule has 0 spiro atoms. The van der Waals surface area contributed by atoms with E-state index in [-0.39, 0.29) is 5.92 Å². The number of rotatable bonds is 3. The zero-order valence-corrected chi connectivity index (χ0v) is 10.8. The fourth-order valence-corrected chi connectivity index (χ4v) is 2.51. The smallest absolute Gasteiger partial charge is 0.136 e. The monoisotopic (exact) mass is 252 g/mol. The van der Waals surface area contributed by atoms with Crippen molar-refractivity contribution in [3.8, 4) is 0 Å². The van der Waals surface area contributed by atoms with Crippen LogP contribution in [0.15, 0.2) is 48.9 Å². The van der Waals surface area contributed by atoms with E-state index in [2.05, 4.69) is 32.9 Å². The molecule has 2 N–H and O–H groups in total. The van der Waals surface area contributed by atoms with Crippen LogP contribution < -0.4 is 5.73 Å². The molecule has 1 unspecified atom stereocenters. The average molecular weight is 252 g/mol. The predicted molar refractivity (Wildman–Crippen MR) is 75.8 cm³/mol. The second kappa shape index (κ2) is 4.82. The minimum atomic E-state index is 0.0345. The Balaban J connectivity index is 2.17. The lowest BCUT2D eigenvalue weighted by Crippen LogP contribution is -2.16. The summed E-state index contributed by atoms with van der Waals surface area (Å²) in [6.07, 6.45) is 5.64. The van der Waals surface area contributed by atoms with Crippen molar-refractivity contribution in [2.24, 2.45) is 12.8 Å². The summed E-state index contributed by atoms with van der Waals surface area (Å²) < 4.78 is 2.12. The first kappa shape index (κ1) is 11.9. The molecule has 0 fully saturated rings. The topological polar surface area (TPSA) is 56.7 Å². The van der Waals surface area contributed by atoms with Crippen LogP contribution >= 0.6 is 0 Å². The van der Waals surface area contributed by atoms with E-state index in [1.54, 1.807) is 12.4 Å². The Morgan fingerprint density at radius 3 is 2.63 bits per heavy atom. The highest BCUT2D eigenvalue weighted by molar-refractivity contribution is 5.84. The fraction of sp³-hybridized carbons (Fsp3) is 0.200. The van der Waals surface area contributed by atoms with Gasteiger partial charge in [-0.2, -0.15) is 0 Å². The third-order valence-electron chi connectivity index (χ3n) is 3.44. The number of nitrogens with zero attached hydrogens (tertiary/aromatic N) is 3. The summed E-state index contributed by atoms with van der Waals surface area (Å²) in [4.78, 5) is 8.68. The number of nitrogens with two attached hydrogens (primary N) is 1. The minimum Gasteiger partial charge on any atom is -0.350 e. The summed E-state index contributed by atoms with van der Waals surface area (Å²) in [5.74, 6) is 0.814. The van der Waals surface area contributed by atoms with Gasteiger partial charge in [-0.3, -0.25) is 0 Å². The van der Waals surface area contributed by atoms with Crippen LogP contribution in [0.3, 0.4) is 0 Å². The van der Waals surface area contributed by atoms with Gasteiger partial charge in [0.2, 0.25) is 0 Å². The highest BCUT2D eigenvalue weighted by Gasteiger charge is 2.19. The summed E-state index contributed by atoms with van der Waals surface area (Å²) in [5.41, 5.74) is 8.34. The van der Waals surface area contributed by atoms with E-state index >= 15 is 0 Å². The van der Waals surface area contributed by atoms with Gasteiger partial charge in [0.25, 0.3) is 0 Å². The molecule has 0 radical (unpaired) electrons. The van der Waals surface area contributed by atoms with Crippen LogP contribution in [0.5, 0.6) is 0 Å². The maximum Gasteiger partial charge on any atom is 0.136 e. The lowest BCUT2D eigenvalue weighted by atomic mass is 9.98. The molecule has 0 amide bonds. The largest absolute Gasteiger partial charge is 0.350 e. The highest BCUT2D eigenvalue weighted by Crippen LogP contribution is 2.29. The van der Waals surface area contributed by atoms with Gasteiger partial charge < -0.3 is 10.3 Å². The molecule has 3 rings (SSSR count). The molecule has 2 aromatic heterocycles. The van der Waals surface area contributed by atoms with Crippen LogP contribution in [0, 0.1) is 0 Å². The molecule has 0 aliphatic heterocycles. The van der Waals surface area contributed by atoms with E-state index in [9.17, 15) is 0 Å². The lowest BCUT2D eigenvalue weighted by molar-refractivity contribution is 0.750. The molecular formula is C15H16N4. The van der Waals surface area contributed by atoms with Crippen molar-refractivity contribution in [2.45, 2.75) is 5.92 Å². The summed E-state index contributed by atoms with van der Waals surface area (Å²) >= 11 is 0. The molecule has 2 heterocycles. The van der Waals surface area contributed by atoms with Crippen LogP contribution in [0.25, 0.3) is 10.9 Å². The van der Waals surface area contributed by atoms with Gasteiger partial charge in [0.05, 0.1) is 5.92 Å². The Hall–Kier alpha value is -2.20. The Kier molecular flexibility index (Phi) is 3.01. The quantitative estimate of drug-likeness (QED) is 0.776. The SMILES string of the molecule is Cn1cc(C(CN)c2ncccn2)c2ccccc21. The van der Waals surface area contributed by atoms with E-state index in [4.69, 9.17) is 5.73 Å². The average Bonchev–Trinajstić information content (AvgIpc) is 2.79. The van der Waals surface area contributed by atoms with Gasteiger partial charge in [0.15, 0.2) is 0 Å². The van der Waals surface area contributed by atoms with Gasteiger partial charge in [-0.25, -0.2) is 9.97 Å². The van der Waals surface area contributed by atoms with Crippen LogP contribution in [-0.4, -0.2) is 21.1 Å². The number of aromatic nitrogens is 3. The first-order valence-electron chi connectivity index (χ1n) is 6.32. The van der Waals surface area contributed by atoms with Crippen molar-refractivity contribution in [2.75, 3.05) is 6.54 Å². The second-order valence-corrected chi connectivity index (χ2v) is 4.61. The van der Waals surface area contributed by atoms with E-state index in [0.717, 1.165) is 5.82 Å². The number of fused-ring (bicyclic) bond motifs is 1. The first-order valence-corrected chi connectivity index (χ1v) is 6.32. The van der Waals surface area contributed by atoms with E-state index in [1.807, 2.05) is 25.2 Å². The maximum absolute atomic E-state index is 5.95. The van der Waals surface area contributed by atoms with Gasteiger partial charge in [-0.05, 0) is 17.7 Å².